The number of aromatic amines is 1. The lowest BCUT2D eigenvalue weighted by Crippen LogP contribution is -2.22. The van der Waals surface area contributed by atoms with E-state index < -0.39 is 0 Å². The van der Waals surface area contributed by atoms with Gasteiger partial charge in [-0.1, -0.05) is 17.3 Å². The van der Waals surface area contributed by atoms with Crippen molar-refractivity contribution in [1.82, 2.24) is 30.2 Å². The van der Waals surface area contributed by atoms with Crippen LogP contribution < -0.4 is 5.32 Å². The summed E-state index contributed by atoms with van der Waals surface area (Å²) >= 11 is 0. The number of hydrogen-bond acceptors (Lipinski definition) is 5. The lowest BCUT2D eigenvalue weighted by atomic mass is 10.1. The van der Waals surface area contributed by atoms with E-state index in [0.717, 1.165) is 16.6 Å². The zero-order valence-corrected chi connectivity index (χ0v) is 13.8. The van der Waals surface area contributed by atoms with E-state index in [4.69, 9.17) is 4.52 Å². The monoisotopic (exact) mass is 336 g/mol. The normalized spacial score (nSPS) is 11.1. The third-order valence-electron chi connectivity index (χ3n) is 3.96. The minimum absolute atomic E-state index is 0.153. The first-order valence-corrected chi connectivity index (χ1v) is 7.78. The fourth-order valence-electron chi connectivity index (χ4n) is 2.66. The van der Waals surface area contributed by atoms with Crippen LogP contribution in [0.25, 0.3) is 22.4 Å². The average molecular weight is 336 g/mol. The standard InChI is InChI=1S/C17H16N6O2/c1-10-4-3-5-13-12(10)6-14(20-13)16-21-15(25-22-16)8-18-17(24)11-7-19-23(2)9-11/h3-7,9,20H,8H2,1-2H3,(H,18,24). The molecule has 8 heteroatoms. The summed E-state index contributed by atoms with van der Waals surface area (Å²) in [4.78, 5) is 19.6. The van der Waals surface area contributed by atoms with Crippen LogP contribution in [0.5, 0.6) is 0 Å². The lowest BCUT2D eigenvalue weighted by molar-refractivity contribution is 0.0946. The second kappa shape index (κ2) is 5.90. The van der Waals surface area contributed by atoms with E-state index in [1.807, 2.05) is 18.2 Å². The number of hydrogen-bond donors (Lipinski definition) is 2. The van der Waals surface area contributed by atoms with Crippen LogP contribution in [-0.2, 0) is 13.6 Å². The number of fused-ring (bicyclic) bond motifs is 1. The van der Waals surface area contributed by atoms with Gasteiger partial charge in [0.05, 0.1) is 24.0 Å². The molecule has 0 fully saturated rings. The Kier molecular flexibility index (Phi) is 3.57. The van der Waals surface area contributed by atoms with Gasteiger partial charge in [0.1, 0.15) is 0 Å². The number of aromatic nitrogens is 5. The highest BCUT2D eigenvalue weighted by atomic mass is 16.5. The van der Waals surface area contributed by atoms with Gasteiger partial charge >= 0.3 is 0 Å². The summed E-state index contributed by atoms with van der Waals surface area (Å²) in [5.74, 6) is 0.554. The van der Waals surface area contributed by atoms with Gasteiger partial charge < -0.3 is 14.8 Å². The van der Waals surface area contributed by atoms with Crippen LogP contribution in [0, 0.1) is 6.92 Å². The summed E-state index contributed by atoms with van der Waals surface area (Å²) < 4.78 is 6.79. The summed E-state index contributed by atoms with van der Waals surface area (Å²) in [6.45, 7) is 2.20. The first-order chi connectivity index (χ1) is 12.1. The van der Waals surface area contributed by atoms with Gasteiger partial charge in [0.2, 0.25) is 11.7 Å². The Morgan fingerprint density at radius 1 is 1.40 bits per heavy atom. The number of benzene rings is 1. The molecular formula is C17H16N6O2. The molecule has 3 aromatic heterocycles. The first-order valence-electron chi connectivity index (χ1n) is 7.78. The molecule has 4 rings (SSSR count). The van der Waals surface area contributed by atoms with Crippen molar-refractivity contribution in [3.8, 4) is 11.5 Å². The minimum Gasteiger partial charge on any atom is -0.352 e. The number of rotatable bonds is 4. The number of nitrogens with zero attached hydrogens (tertiary/aromatic N) is 4. The molecule has 3 heterocycles. The Bertz CT molecular complexity index is 1060. The molecule has 4 aromatic rings. The van der Waals surface area contributed by atoms with E-state index in [2.05, 4.69) is 38.5 Å². The van der Waals surface area contributed by atoms with Crippen LogP contribution in [0.4, 0.5) is 0 Å². The second-order valence-corrected chi connectivity index (χ2v) is 5.82. The van der Waals surface area contributed by atoms with E-state index in [1.165, 1.54) is 11.8 Å². The van der Waals surface area contributed by atoms with Crippen molar-refractivity contribution in [2.24, 2.45) is 7.05 Å². The van der Waals surface area contributed by atoms with Crippen LogP contribution in [0.1, 0.15) is 21.8 Å². The quantitative estimate of drug-likeness (QED) is 0.595. The number of carbonyl (C=O) groups excluding carboxylic acids is 1. The van der Waals surface area contributed by atoms with Crippen molar-refractivity contribution in [3.05, 3.63) is 53.7 Å². The molecule has 1 amide bonds. The Balaban J connectivity index is 1.49. The van der Waals surface area contributed by atoms with Crippen LogP contribution in [0.15, 0.2) is 41.2 Å². The maximum atomic E-state index is 12.0. The highest BCUT2D eigenvalue weighted by Gasteiger charge is 2.14. The summed E-state index contributed by atoms with van der Waals surface area (Å²) in [5, 5.41) is 11.8. The largest absolute Gasteiger partial charge is 0.352 e. The Morgan fingerprint density at radius 3 is 3.04 bits per heavy atom. The van der Waals surface area contributed by atoms with Crippen molar-refractivity contribution in [1.29, 1.82) is 0 Å². The molecule has 25 heavy (non-hydrogen) atoms. The number of aryl methyl sites for hydroxylation is 2. The van der Waals surface area contributed by atoms with Crippen molar-refractivity contribution in [2.45, 2.75) is 13.5 Å². The van der Waals surface area contributed by atoms with Crippen LogP contribution in [0.3, 0.4) is 0 Å². The second-order valence-electron chi connectivity index (χ2n) is 5.82. The summed E-state index contributed by atoms with van der Waals surface area (Å²) in [6, 6.07) is 8.04. The van der Waals surface area contributed by atoms with E-state index in [0.29, 0.717) is 17.3 Å². The SMILES string of the molecule is Cc1cccc2[nH]c(-c3noc(CNC(=O)c4cnn(C)c4)n3)cc12. The van der Waals surface area contributed by atoms with E-state index >= 15 is 0 Å². The van der Waals surface area contributed by atoms with Gasteiger partial charge in [-0.3, -0.25) is 9.48 Å². The molecule has 0 aliphatic rings. The molecular weight excluding hydrogens is 320 g/mol. The predicted molar refractivity (Wildman–Crippen MR) is 90.7 cm³/mol. The molecule has 0 saturated heterocycles. The molecule has 0 spiro atoms. The van der Waals surface area contributed by atoms with E-state index in [1.54, 1.807) is 17.9 Å². The molecule has 126 valence electrons. The zero-order chi connectivity index (χ0) is 17.4. The third kappa shape index (κ3) is 2.89. The number of H-pyrrole nitrogens is 1. The molecule has 0 unspecified atom stereocenters. The van der Waals surface area contributed by atoms with Crippen LogP contribution in [-0.4, -0.2) is 30.8 Å². The number of nitrogens with one attached hydrogen (secondary N) is 2. The summed E-state index contributed by atoms with van der Waals surface area (Å²) in [5.41, 5.74) is 3.45. The van der Waals surface area contributed by atoms with Crippen LogP contribution in [0.2, 0.25) is 0 Å². The maximum Gasteiger partial charge on any atom is 0.254 e. The van der Waals surface area contributed by atoms with Gasteiger partial charge in [-0.05, 0) is 24.6 Å². The Hall–Kier alpha value is -3.42. The first kappa shape index (κ1) is 15.1. The summed E-state index contributed by atoms with van der Waals surface area (Å²) in [7, 11) is 1.75. The maximum absolute atomic E-state index is 12.0. The predicted octanol–water partition coefficient (Wildman–Crippen LogP) is 2.19. The molecule has 0 aliphatic carbocycles. The average Bonchev–Trinajstić information content (AvgIpc) is 3.31. The molecule has 0 bridgehead atoms. The molecule has 0 aliphatic heterocycles. The van der Waals surface area contributed by atoms with Gasteiger partial charge in [-0.2, -0.15) is 10.1 Å². The molecule has 8 nitrogen and oxygen atoms in total. The van der Waals surface area contributed by atoms with E-state index in [-0.39, 0.29) is 12.5 Å². The highest BCUT2D eigenvalue weighted by Crippen LogP contribution is 2.24. The topological polar surface area (TPSA) is 102 Å². The summed E-state index contributed by atoms with van der Waals surface area (Å²) in [6.07, 6.45) is 3.14. The van der Waals surface area contributed by atoms with Gasteiger partial charge in [-0.25, -0.2) is 0 Å². The van der Waals surface area contributed by atoms with Crippen molar-refractivity contribution >= 4 is 16.8 Å². The van der Waals surface area contributed by atoms with Crippen LogP contribution >= 0.6 is 0 Å². The number of carbonyl (C=O) groups is 1. The number of amides is 1. The molecule has 0 atom stereocenters. The van der Waals surface area contributed by atoms with Crippen molar-refractivity contribution < 1.29 is 9.32 Å². The van der Waals surface area contributed by atoms with Crippen molar-refractivity contribution in [2.75, 3.05) is 0 Å². The zero-order valence-electron chi connectivity index (χ0n) is 13.8. The molecule has 2 N–H and O–H groups in total. The third-order valence-corrected chi connectivity index (χ3v) is 3.96. The van der Waals surface area contributed by atoms with E-state index in [9.17, 15) is 4.79 Å². The molecule has 0 saturated carbocycles. The van der Waals surface area contributed by atoms with Gasteiger partial charge in [0.15, 0.2) is 0 Å². The van der Waals surface area contributed by atoms with Crippen molar-refractivity contribution in [3.63, 3.8) is 0 Å². The van der Waals surface area contributed by atoms with Gasteiger partial charge in [0, 0.05) is 24.1 Å². The van der Waals surface area contributed by atoms with Gasteiger partial charge in [-0.15, -0.1) is 0 Å². The molecule has 0 radical (unpaired) electrons. The fourth-order valence-corrected chi connectivity index (χ4v) is 2.66. The minimum atomic E-state index is -0.242. The lowest BCUT2D eigenvalue weighted by Gasteiger charge is -1.98. The highest BCUT2D eigenvalue weighted by molar-refractivity contribution is 5.93. The fraction of sp³-hybridized carbons (Fsp3) is 0.176. The smallest absolute Gasteiger partial charge is 0.254 e. The Morgan fingerprint density at radius 2 is 2.28 bits per heavy atom. The Labute approximate surface area is 142 Å². The van der Waals surface area contributed by atoms with Gasteiger partial charge in [0.25, 0.3) is 5.91 Å². The molecule has 1 aromatic carbocycles.